The van der Waals surface area contributed by atoms with Crippen LogP contribution in [0.4, 0.5) is 11.4 Å². The molecule has 1 saturated heterocycles. The first kappa shape index (κ1) is 15.1. The molecule has 1 aliphatic heterocycles. The van der Waals surface area contributed by atoms with E-state index in [2.05, 4.69) is 10.2 Å². The highest BCUT2D eigenvalue weighted by Crippen LogP contribution is 2.22. The number of hydrogen-bond acceptors (Lipinski definition) is 4. The quantitative estimate of drug-likeness (QED) is 0.739. The molecular formula is C14H20ClN3O2. The third kappa shape index (κ3) is 4.37. The van der Waals surface area contributed by atoms with E-state index in [1.807, 2.05) is 0 Å². The maximum absolute atomic E-state index is 11.9. The van der Waals surface area contributed by atoms with Gasteiger partial charge in [-0.25, -0.2) is 0 Å². The van der Waals surface area contributed by atoms with Gasteiger partial charge >= 0.3 is 0 Å². The standard InChI is InChI=1S/C14H20ClN3O2/c15-12-4-3-10(8-13(12)16)17-14(20)5-7-18-6-1-2-11(19)9-18/h3-4,8,11,19H,1-2,5-7,9,16H2,(H,17,20). The summed E-state index contributed by atoms with van der Waals surface area (Å²) in [6, 6.07) is 5.03. The highest BCUT2D eigenvalue weighted by Gasteiger charge is 2.18. The maximum Gasteiger partial charge on any atom is 0.225 e. The number of carbonyl (C=O) groups excluding carboxylic acids is 1. The number of likely N-dealkylation sites (tertiary alicyclic amines) is 1. The lowest BCUT2D eigenvalue weighted by Crippen LogP contribution is -2.39. The largest absolute Gasteiger partial charge is 0.397 e. The van der Waals surface area contributed by atoms with Crippen LogP contribution in [-0.2, 0) is 4.79 Å². The van der Waals surface area contributed by atoms with Crippen LogP contribution in [0.2, 0.25) is 5.02 Å². The lowest BCUT2D eigenvalue weighted by molar-refractivity contribution is -0.116. The number of anilines is 2. The SMILES string of the molecule is Nc1cc(NC(=O)CCN2CCCC(O)C2)ccc1Cl. The maximum atomic E-state index is 11.9. The number of nitrogens with one attached hydrogen (secondary N) is 1. The molecule has 110 valence electrons. The number of piperidine rings is 1. The average molecular weight is 298 g/mol. The van der Waals surface area contributed by atoms with Gasteiger partial charge < -0.3 is 21.1 Å². The van der Waals surface area contributed by atoms with Crippen molar-refractivity contribution in [2.45, 2.75) is 25.4 Å². The number of aliphatic hydroxyl groups is 1. The number of rotatable bonds is 4. The zero-order valence-corrected chi connectivity index (χ0v) is 12.1. The molecule has 1 aliphatic rings. The Hall–Kier alpha value is -1.30. The van der Waals surface area contributed by atoms with Crippen molar-refractivity contribution in [2.24, 2.45) is 0 Å². The van der Waals surface area contributed by atoms with Crippen molar-refractivity contribution in [3.63, 3.8) is 0 Å². The van der Waals surface area contributed by atoms with Crippen LogP contribution in [0.3, 0.4) is 0 Å². The van der Waals surface area contributed by atoms with Crippen molar-refractivity contribution in [3.8, 4) is 0 Å². The molecule has 1 fully saturated rings. The molecule has 0 spiro atoms. The van der Waals surface area contributed by atoms with Crippen LogP contribution in [0, 0.1) is 0 Å². The third-order valence-electron chi connectivity index (χ3n) is 3.42. The van der Waals surface area contributed by atoms with Gasteiger partial charge in [0.2, 0.25) is 5.91 Å². The van der Waals surface area contributed by atoms with Crippen LogP contribution in [0.25, 0.3) is 0 Å². The van der Waals surface area contributed by atoms with E-state index in [4.69, 9.17) is 17.3 Å². The molecule has 2 rings (SSSR count). The number of β-amino-alcohol motifs (C(OH)–C–C–N with tert-alkyl or cyclic N) is 1. The first-order valence-electron chi connectivity index (χ1n) is 6.80. The van der Waals surface area contributed by atoms with Gasteiger partial charge in [0.15, 0.2) is 0 Å². The molecule has 0 aromatic heterocycles. The predicted molar refractivity (Wildman–Crippen MR) is 80.8 cm³/mol. The second kappa shape index (κ2) is 6.92. The smallest absolute Gasteiger partial charge is 0.225 e. The number of benzene rings is 1. The Bertz CT molecular complexity index is 481. The number of nitrogens with two attached hydrogens (primary N) is 1. The summed E-state index contributed by atoms with van der Waals surface area (Å²) in [5, 5.41) is 12.8. The van der Waals surface area contributed by atoms with Gasteiger partial charge in [-0.2, -0.15) is 0 Å². The minimum absolute atomic E-state index is 0.0632. The van der Waals surface area contributed by atoms with Crippen molar-refractivity contribution >= 4 is 28.9 Å². The minimum atomic E-state index is -0.261. The second-order valence-electron chi connectivity index (χ2n) is 5.13. The number of nitrogens with zero attached hydrogens (tertiary/aromatic N) is 1. The highest BCUT2D eigenvalue weighted by molar-refractivity contribution is 6.33. The van der Waals surface area contributed by atoms with Crippen LogP contribution >= 0.6 is 11.6 Å². The van der Waals surface area contributed by atoms with E-state index < -0.39 is 0 Å². The fourth-order valence-electron chi connectivity index (χ4n) is 2.34. The van der Waals surface area contributed by atoms with Gasteiger partial charge in [0.05, 0.1) is 16.8 Å². The molecule has 1 heterocycles. The normalized spacial score (nSPS) is 19.8. The molecule has 1 aromatic rings. The van der Waals surface area contributed by atoms with Crippen LogP contribution < -0.4 is 11.1 Å². The van der Waals surface area contributed by atoms with E-state index in [0.717, 1.165) is 19.4 Å². The fourth-order valence-corrected chi connectivity index (χ4v) is 2.46. The lowest BCUT2D eigenvalue weighted by Gasteiger charge is -2.29. The minimum Gasteiger partial charge on any atom is -0.397 e. The van der Waals surface area contributed by atoms with E-state index >= 15 is 0 Å². The Morgan fingerprint density at radius 3 is 3.05 bits per heavy atom. The molecule has 0 aliphatic carbocycles. The van der Waals surface area contributed by atoms with E-state index in [9.17, 15) is 9.90 Å². The van der Waals surface area contributed by atoms with Crippen molar-refractivity contribution in [1.29, 1.82) is 0 Å². The summed E-state index contributed by atoms with van der Waals surface area (Å²) in [5.74, 6) is -0.0632. The van der Waals surface area contributed by atoms with Gasteiger partial charge in [-0.05, 0) is 37.6 Å². The van der Waals surface area contributed by atoms with Gasteiger partial charge in [-0.3, -0.25) is 4.79 Å². The molecule has 1 atom stereocenters. The zero-order chi connectivity index (χ0) is 14.5. The number of carbonyl (C=O) groups is 1. The monoisotopic (exact) mass is 297 g/mol. The summed E-state index contributed by atoms with van der Waals surface area (Å²) >= 11 is 5.83. The molecule has 1 aromatic carbocycles. The van der Waals surface area contributed by atoms with E-state index in [0.29, 0.717) is 35.9 Å². The first-order valence-corrected chi connectivity index (χ1v) is 7.17. The fraction of sp³-hybridized carbons (Fsp3) is 0.500. The predicted octanol–water partition coefficient (Wildman–Crippen LogP) is 1.71. The van der Waals surface area contributed by atoms with E-state index in [1.54, 1.807) is 18.2 Å². The number of nitrogen functional groups attached to an aromatic ring is 1. The van der Waals surface area contributed by atoms with Gasteiger partial charge in [-0.15, -0.1) is 0 Å². The van der Waals surface area contributed by atoms with Crippen molar-refractivity contribution in [1.82, 2.24) is 4.90 Å². The summed E-state index contributed by atoms with van der Waals surface area (Å²) in [7, 11) is 0. The van der Waals surface area contributed by atoms with Crippen molar-refractivity contribution < 1.29 is 9.90 Å². The molecule has 0 saturated carbocycles. The van der Waals surface area contributed by atoms with E-state index in [-0.39, 0.29) is 12.0 Å². The summed E-state index contributed by atoms with van der Waals surface area (Å²) in [6.07, 6.45) is 1.97. The lowest BCUT2D eigenvalue weighted by atomic mass is 10.1. The van der Waals surface area contributed by atoms with Crippen LogP contribution in [0.1, 0.15) is 19.3 Å². The third-order valence-corrected chi connectivity index (χ3v) is 3.76. The molecule has 20 heavy (non-hydrogen) atoms. The summed E-state index contributed by atoms with van der Waals surface area (Å²) in [5.41, 5.74) is 6.78. The van der Waals surface area contributed by atoms with Crippen molar-refractivity contribution in [3.05, 3.63) is 23.2 Å². The molecule has 0 radical (unpaired) electrons. The van der Waals surface area contributed by atoms with Crippen molar-refractivity contribution in [2.75, 3.05) is 30.7 Å². The Kier molecular flexibility index (Phi) is 5.23. The topological polar surface area (TPSA) is 78.6 Å². The summed E-state index contributed by atoms with van der Waals surface area (Å²) < 4.78 is 0. The molecule has 1 unspecified atom stereocenters. The molecule has 0 bridgehead atoms. The number of aliphatic hydroxyl groups excluding tert-OH is 1. The molecular weight excluding hydrogens is 278 g/mol. The summed E-state index contributed by atoms with van der Waals surface area (Å²) in [6.45, 7) is 2.26. The zero-order valence-electron chi connectivity index (χ0n) is 11.3. The molecule has 5 nitrogen and oxygen atoms in total. The average Bonchev–Trinajstić information content (AvgIpc) is 2.41. The Morgan fingerprint density at radius 1 is 1.55 bits per heavy atom. The Labute approximate surface area is 123 Å². The Balaban J connectivity index is 1.78. The molecule has 6 heteroatoms. The van der Waals surface area contributed by atoms with E-state index in [1.165, 1.54) is 0 Å². The van der Waals surface area contributed by atoms with Crippen LogP contribution in [0.15, 0.2) is 18.2 Å². The van der Waals surface area contributed by atoms with Gasteiger partial charge in [-0.1, -0.05) is 11.6 Å². The molecule has 4 N–H and O–H groups in total. The number of hydrogen-bond donors (Lipinski definition) is 3. The number of halogens is 1. The van der Waals surface area contributed by atoms with Crippen LogP contribution in [-0.4, -0.2) is 41.7 Å². The van der Waals surface area contributed by atoms with Gasteiger partial charge in [0, 0.05) is 25.2 Å². The highest BCUT2D eigenvalue weighted by atomic mass is 35.5. The van der Waals surface area contributed by atoms with Crippen LogP contribution in [0.5, 0.6) is 0 Å². The van der Waals surface area contributed by atoms with Gasteiger partial charge in [0.25, 0.3) is 0 Å². The first-order chi connectivity index (χ1) is 9.54. The Morgan fingerprint density at radius 2 is 2.35 bits per heavy atom. The number of amides is 1. The summed E-state index contributed by atoms with van der Waals surface area (Å²) in [4.78, 5) is 14.0. The second-order valence-corrected chi connectivity index (χ2v) is 5.54. The molecule has 1 amide bonds. The van der Waals surface area contributed by atoms with Gasteiger partial charge in [0.1, 0.15) is 0 Å².